The van der Waals surface area contributed by atoms with Crippen LogP contribution in [-0.2, 0) is 10.3 Å². The number of fused-ring (bicyclic) bond motifs is 4. The molecular weight excluding hydrogens is 390 g/mol. The van der Waals surface area contributed by atoms with Gasteiger partial charge in [-0.25, -0.2) is 19.4 Å². The zero-order valence-corrected chi connectivity index (χ0v) is 14.9. The van der Waals surface area contributed by atoms with Crippen LogP contribution in [0.25, 0.3) is 11.1 Å². The summed E-state index contributed by atoms with van der Waals surface area (Å²) >= 11 is 6.08. The van der Waals surface area contributed by atoms with Crippen LogP contribution in [0, 0.1) is 11.8 Å². The van der Waals surface area contributed by atoms with Gasteiger partial charge in [0.1, 0.15) is 23.3 Å². The van der Waals surface area contributed by atoms with Gasteiger partial charge in [-0.2, -0.15) is 4.39 Å². The summed E-state index contributed by atoms with van der Waals surface area (Å²) in [4.78, 5) is 12.1. The van der Waals surface area contributed by atoms with Crippen LogP contribution in [0.4, 0.5) is 8.78 Å². The number of amidine groups is 1. The van der Waals surface area contributed by atoms with Crippen LogP contribution in [0.5, 0.6) is 11.5 Å². The number of halogens is 3. The SMILES string of the molecule is NC1=N[C@@]2(CO1)c1cc(-c3c(F)ccnc3F)ccc1Oc1cnc(Cl)cc12. The summed E-state index contributed by atoms with van der Waals surface area (Å²) in [6, 6.07) is 7.47. The summed E-state index contributed by atoms with van der Waals surface area (Å²) in [5, 5.41) is 0.242. The highest BCUT2D eigenvalue weighted by Gasteiger charge is 2.47. The molecule has 2 aliphatic rings. The van der Waals surface area contributed by atoms with Crippen LogP contribution in [-0.4, -0.2) is 22.6 Å². The van der Waals surface area contributed by atoms with Gasteiger partial charge in [0.2, 0.25) is 5.95 Å². The molecule has 0 unspecified atom stereocenters. The Morgan fingerprint density at radius 3 is 2.64 bits per heavy atom. The van der Waals surface area contributed by atoms with Crippen molar-refractivity contribution in [1.29, 1.82) is 0 Å². The van der Waals surface area contributed by atoms with E-state index < -0.39 is 17.3 Å². The molecule has 1 atom stereocenters. The molecule has 0 fully saturated rings. The minimum absolute atomic E-state index is 0.00382. The van der Waals surface area contributed by atoms with E-state index in [1.165, 1.54) is 6.20 Å². The topological polar surface area (TPSA) is 82.6 Å². The molecule has 0 amide bonds. The number of nitrogens with zero attached hydrogens (tertiary/aromatic N) is 3. The van der Waals surface area contributed by atoms with Crippen molar-refractivity contribution in [2.75, 3.05) is 6.61 Å². The average Bonchev–Trinajstić information content (AvgIpc) is 3.05. The summed E-state index contributed by atoms with van der Waals surface area (Å²) in [6.45, 7) is 0.0873. The summed E-state index contributed by atoms with van der Waals surface area (Å²) in [5.74, 6) is -0.738. The van der Waals surface area contributed by atoms with Crippen molar-refractivity contribution in [2.45, 2.75) is 5.54 Å². The van der Waals surface area contributed by atoms with E-state index in [-0.39, 0.29) is 28.9 Å². The fourth-order valence-corrected chi connectivity index (χ4v) is 3.72. The zero-order chi connectivity index (χ0) is 19.5. The molecule has 1 aromatic carbocycles. The van der Waals surface area contributed by atoms with Crippen molar-refractivity contribution < 1.29 is 18.3 Å². The maximum Gasteiger partial charge on any atom is 0.283 e. The molecule has 0 bridgehead atoms. The number of ether oxygens (including phenoxy) is 2. The molecule has 4 heterocycles. The van der Waals surface area contributed by atoms with Crippen molar-refractivity contribution in [2.24, 2.45) is 10.7 Å². The highest BCUT2D eigenvalue weighted by molar-refractivity contribution is 6.29. The summed E-state index contributed by atoms with van der Waals surface area (Å²) in [6.07, 6.45) is 2.55. The fourth-order valence-electron chi connectivity index (χ4n) is 3.56. The lowest BCUT2D eigenvalue weighted by atomic mass is 9.81. The standard InChI is InChI=1S/C19H11ClF2N4O2/c20-15-6-11-14(7-25-15)28-13-2-1-9(16-12(21)3-4-24-17(16)22)5-10(13)19(11)8-27-18(23)26-19/h1-7H,8H2,(H2,23,26)/t19-/m0/s1. The van der Waals surface area contributed by atoms with E-state index >= 15 is 0 Å². The lowest BCUT2D eigenvalue weighted by Gasteiger charge is -2.33. The number of hydrogen-bond acceptors (Lipinski definition) is 6. The Kier molecular flexibility index (Phi) is 3.54. The largest absolute Gasteiger partial charge is 0.462 e. The Hall–Kier alpha value is -3.26. The fraction of sp³-hybridized carbons (Fsp3) is 0.105. The zero-order valence-electron chi connectivity index (χ0n) is 14.1. The van der Waals surface area contributed by atoms with Gasteiger partial charge in [0.15, 0.2) is 11.3 Å². The van der Waals surface area contributed by atoms with Gasteiger partial charge in [-0.1, -0.05) is 17.7 Å². The number of rotatable bonds is 1. The number of aliphatic imine (C=N–C) groups is 1. The van der Waals surface area contributed by atoms with Crippen LogP contribution in [0.15, 0.2) is 47.7 Å². The molecule has 0 saturated carbocycles. The van der Waals surface area contributed by atoms with Gasteiger partial charge in [0.25, 0.3) is 6.02 Å². The second-order valence-electron chi connectivity index (χ2n) is 6.37. The quantitative estimate of drug-likeness (QED) is 0.629. The molecule has 6 nitrogen and oxygen atoms in total. The maximum absolute atomic E-state index is 14.3. The van der Waals surface area contributed by atoms with Gasteiger partial charge in [-0.05, 0) is 29.8 Å². The van der Waals surface area contributed by atoms with Crippen LogP contribution < -0.4 is 10.5 Å². The first kappa shape index (κ1) is 16.9. The minimum Gasteiger partial charge on any atom is -0.462 e. The average molecular weight is 401 g/mol. The first-order chi connectivity index (χ1) is 13.5. The van der Waals surface area contributed by atoms with Crippen LogP contribution >= 0.6 is 11.6 Å². The number of aromatic nitrogens is 2. The first-order valence-corrected chi connectivity index (χ1v) is 8.63. The van der Waals surface area contributed by atoms with Crippen LogP contribution in [0.3, 0.4) is 0 Å². The summed E-state index contributed by atoms with van der Waals surface area (Å²) in [5.41, 5.74) is 5.92. The normalized spacial score (nSPS) is 19.5. The second-order valence-corrected chi connectivity index (χ2v) is 6.76. The molecule has 2 N–H and O–H groups in total. The second kappa shape index (κ2) is 5.87. The van der Waals surface area contributed by atoms with E-state index in [2.05, 4.69) is 15.0 Å². The smallest absolute Gasteiger partial charge is 0.283 e. The monoisotopic (exact) mass is 400 g/mol. The van der Waals surface area contributed by atoms with E-state index in [4.69, 9.17) is 26.8 Å². The molecule has 140 valence electrons. The van der Waals surface area contributed by atoms with E-state index in [0.29, 0.717) is 22.6 Å². The molecule has 1 spiro atoms. The van der Waals surface area contributed by atoms with Crippen molar-refractivity contribution >= 4 is 17.6 Å². The summed E-state index contributed by atoms with van der Waals surface area (Å²) < 4.78 is 39.8. The van der Waals surface area contributed by atoms with Crippen molar-refractivity contribution in [3.63, 3.8) is 0 Å². The third kappa shape index (κ3) is 2.34. The predicted octanol–water partition coefficient (Wildman–Crippen LogP) is 3.77. The van der Waals surface area contributed by atoms with Crippen LogP contribution in [0.2, 0.25) is 5.15 Å². The van der Waals surface area contributed by atoms with E-state index in [0.717, 1.165) is 12.3 Å². The lowest BCUT2D eigenvalue weighted by molar-refractivity contribution is 0.264. The maximum atomic E-state index is 14.3. The highest BCUT2D eigenvalue weighted by atomic mass is 35.5. The molecule has 2 aromatic heterocycles. The number of benzene rings is 1. The van der Waals surface area contributed by atoms with Gasteiger partial charge in [0, 0.05) is 17.3 Å². The van der Waals surface area contributed by atoms with E-state index in [1.54, 1.807) is 24.3 Å². The van der Waals surface area contributed by atoms with Gasteiger partial charge in [-0.15, -0.1) is 0 Å². The Labute approximate surface area is 162 Å². The Bertz CT molecular complexity index is 1150. The third-order valence-electron chi connectivity index (χ3n) is 4.80. The van der Waals surface area contributed by atoms with Crippen molar-refractivity contribution in [3.05, 3.63) is 70.8 Å². The minimum atomic E-state index is -1.06. The lowest BCUT2D eigenvalue weighted by Crippen LogP contribution is -2.31. The Morgan fingerprint density at radius 2 is 1.89 bits per heavy atom. The molecule has 3 aromatic rings. The van der Waals surface area contributed by atoms with E-state index in [1.807, 2.05) is 0 Å². The van der Waals surface area contributed by atoms with Crippen molar-refractivity contribution in [3.8, 4) is 22.6 Å². The first-order valence-electron chi connectivity index (χ1n) is 8.25. The highest BCUT2D eigenvalue weighted by Crippen LogP contribution is 2.51. The number of nitrogens with two attached hydrogens (primary N) is 1. The van der Waals surface area contributed by atoms with Gasteiger partial charge in [-0.3, -0.25) is 0 Å². The molecule has 28 heavy (non-hydrogen) atoms. The number of pyridine rings is 2. The van der Waals surface area contributed by atoms with Gasteiger partial charge >= 0.3 is 0 Å². The summed E-state index contributed by atoms with van der Waals surface area (Å²) in [7, 11) is 0. The molecule has 9 heteroatoms. The van der Waals surface area contributed by atoms with E-state index in [9.17, 15) is 8.78 Å². The molecule has 5 rings (SSSR count). The molecule has 2 aliphatic heterocycles. The molecular formula is C19H11ClF2N4O2. The third-order valence-corrected chi connectivity index (χ3v) is 5.00. The molecule has 0 radical (unpaired) electrons. The van der Waals surface area contributed by atoms with Gasteiger partial charge in [0.05, 0.1) is 11.8 Å². The number of hydrogen-bond donors (Lipinski definition) is 1. The Morgan fingerprint density at radius 1 is 1.07 bits per heavy atom. The van der Waals surface area contributed by atoms with Crippen LogP contribution in [0.1, 0.15) is 11.1 Å². The van der Waals surface area contributed by atoms with Crippen molar-refractivity contribution in [1.82, 2.24) is 9.97 Å². The van der Waals surface area contributed by atoms with Gasteiger partial charge < -0.3 is 15.2 Å². The molecule has 0 saturated heterocycles. The molecule has 0 aliphatic carbocycles. The Balaban J connectivity index is 1.77. The predicted molar refractivity (Wildman–Crippen MR) is 97.3 cm³/mol.